The van der Waals surface area contributed by atoms with Crippen molar-refractivity contribution in [2.45, 2.75) is 38.3 Å². The van der Waals surface area contributed by atoms with E-state index in [0.29, 0.717) is 16.0 Å². The van der Waals surface area contributed by atoms with Gasteiger partial charge in [0, 0.05) is 22.0 Å². The Morgan fingerprint density at radius 2 is 1.74 bits per heavy atom. The topological polar surface area (TPSA) is 59.8 Å². The van der Waals surface area contributed by atoms with Crippen LogP contribution in [0.5, 0.6) is 0 Å². The van der Waals surface area contributed by atoms with E-state index in [4.69, 9.17) is 11.6 Å². The van der Waals surface area contributed by atoms with Crippen LogP contribution in [0.4, 0.5) is 5.69 Å². The van der Waals surface area contributed by atoms with Crippen LogP contribution in [0.25, 0.3) is 17.1 Å². The molecule has 4 rings (SSSR count). The van der Waals surface area contributed by atoms with Crippen LogP contribution in [-0.4, -0.2) is 26.4 Å². The number of hydrogen-bond acceptors (Lipinski definition) is 4. The Morgan fingerprint density at radius 3 is 2.44 bits per heavy atom. The number of carbonyl (C=O) groups is 1. The Hall–Kier alpha value is -3.09. The first-order valence-corrected chi connectivity index (χ1v) is 12.4. The monoisotopic (exact) mass is 490 g/mol. The lowest BCUT2D eigenvalue weighted by molar-refractivity contribution is -0.113. The Balaban J connectivity index is 1.60. The molecule has 0 aliphatic carbocycles. The van der Waals surface area contributed by atoms with E-state index in [1.54, 1.807) is 0 Å². The molecular weight excluding hydrogens is 464 g/mol. The predicted octanol–water partition coefficient (Wildman–Crippen LogP) is 6.92. The molecule has 0 aliphatic heterocycles. The number of aryl methyl sites for hydroxylation is 1. The molecule has 1 N–H and O–H groups in total. The van der Waals surface area contributed by atoms with E-state index < -0.39 is 0 Å². The van der Waals surface area contributed by atoms with Gasteiger partial charge >= 0.3 is 0 Å². The molecule has 7 heteroatoms. The van der Waals surface area contributed by atoms with E-state index in [0.717, 1.165) is 28.1 Å². The van der Waals surface area contributed by atoms with Gasteiger partial charge in [0.15, 0.2) is 11.0 Å². The summed E-state index contributed by atoms with van der Waals surface area (Å²) in [5.74, 6) is 0.787. The molecule has 5 nitrogen and oxygen atoms in total. The van der Waals surface area contributed by atoms with Crippen molar-refractivity contribution in [3.05, 3.63) is 88.9 Å². The third-order valence-electron chi connectivity index (χ3n) is 5.35. The number of amides is 1. The molecule has 174 valence electrons. The van der Waals surface area contributed by atoms with E-state index >= 15 is 0 Å². The van der Waals surface area contributed by atoms with Crippen LogP contribution in [0.3, 0.4) is 0 Å². The van der Waals surface area contributed by atoms with Gasteiger partial charge in [-0.15, -0.1) is 10.2 Å². The lowest BCUT2D eigenvalue weighted by Crippen LogP contribution is -2.20. The highest BCUT2D eigenvalue weighted by atomic mass is 35.5. The first-order valence-electron chi connectivity index (χ1n) is 11.0. The second-order valence-corrected chi connectivity index (χ2v) is 10.5. The van der Waals surface area contributed by atoms with Gasteiger partial charge in [0.2, 0.25) is 5.91 Å². The van der Waals surface area contributed by atoms with Crippen LogP contribution in [0.1, 0.15) is 31.9 Å². The van der Waals surface area contributed by atoms with E-state index in [1.165, 1.54) is 11.8 Å². The van der Waals surface area contributed by atoms with Gasteiger partial charge in [-0.1, -0.05) is 92.2 Å². The molecule has 4 aromatic rings. The number of para-hydroxylation sites is 1. The first kappa shape index (κ1) is 24.0. The van der Waals surface area contributed by atoms with Gasteiger partial charge in [-0.25, -0.2) is 0 Å². The lowest BCUT2D eigenvalue weighted by Gasteiger charge is -2.23. The molecule has 0 spiro atoms. The summed E-state index contributed by atoms with van der Waals surface area (Å²) < 4.78 is 1.96. The SMILES string of the molecule is Cc1ccc(-n2c(SCC(=O)Nc3ccccc3C(C)(C)C)nnc2-c2cccc(Cl)c2)cc1. The summed E-state index contributed by atoms with van der Waals surface area (Å²) in [7, 11) is 0. The molecule has 0 saturated carbocycles. The van der Waals surface area contributed by atoms with Crippen molar-refractivity contribution in [2.75, 3.05) is 11.1 Å². The predicted molar refractivity (Wildman–Crippen MR) is 141 cm³/mol. The normalized spacial score (nSPS) is 11.4. The molecule has 3 aromatic carbocycles. The number of rotatable bonds is 6. The minimum Gasteiger partial charge on any atom is -0.325 e. The molecule has 0 unspecified atom stereocenters. The average Bonchev–Trinajstić information content (AvgIpc) is 3.22. The molecular formula is C27H27ClN4OS. The van der Waals surface area contributed by atoms with Crippen molar-refractivity contribution in [3.63, 3.8) is 0 Å². The Morgan fingerprint density at radius 1 is 1.00 bits per heavy atom. The molecule has 1 amide bonds. The number of anilines is 1. The minimum atomic E-state index is -0.0931. The molecule has 1 heterocycles. The van der Waals surface area contributed by atoms with Crippen LogP contribution in [0, 0.1) is 6.92 Å². The zero-order valence-corrected chi connectivity index (χ0v) is 21.2. The quantitative estimate of drug-likeness (QED) is 0.298. The van der Waals surface area contributed by atoms with Crippen molar-refractivity contribution in [1.29, 1.82) is 0 Å². The fourth-order valence-electron chi connectivity index (χ4n) is 3.67. The van der Waals surface area contributed by atoms with Crippen molar-refractivity contribution < 1.29 is 4.79 Å². The van der Waals surface area contributed by atoms with Crippen molar-refractivity contribution >= 4 is 35.0 Å². The van der Waals surface area contributed by atoms with Gasteiger partial charge in [0.1, 0.15) is 0 Å². The summed E-state index contributed by atoms with van der Waals surface area (Å²) in [4.78, 5) is 12.9. The van der Waals surface area contributed by atoms with E-state index in [-0.39, 0.29) is 17.1 Å². The van der Waals surface area contributed by atoms with Crippen LogP contribution < -0.4 is 5.32 Å². The Kier molecular flexibility index (Phi) is 7.10. The van der Waals surface area contributed by atoms with E-state index in [1.807, 2.05) is 84.3 Å². The Bertz CT molecular complexity index is 1310. The number of nitrogens with one attached hydrogen (secondary N) is 1. The summed E-state index contributed by atoms with van der Waals surface area (Å²) in [6.45, 7) is 8.44. The molecule has 0 saturated heterocycles. The summed E-state index contributed by atoms with van der Waals surface area (Å²) in [6, 6.07) is 23.6. The zero-order chi connectivity index (χ0) is 24.3. The van der Waals surface area contributed by atoms with Crippen molar-refractivity contribution in [2.24, 2.45) is 0 Å². The fraction of sp³-hybridized carbons (Fsp3) is 0.222. The number of carbonyl (C=O) groups excluding carboxylic acids is 1. The standard InChI is InChI=1S/C27H27ClN4OS/c1-18-12-14-21(15-13-18)32-25(19-8-7-9-20(28)16-19)30-31-26(32)34-17-24(33)29-23-11-6-5-10-22(23)27(2,3)4/h5-16H,17H2,1-4H3,(H,29,33). The van der Waals surface area contributed by atoms with Gasteiger partial charge in [0.25, 0.3) is 0 Å². The highest BCUT2D eigenvalue weighted by Crippen LogP contribution is 2.31. The second kappa shape index (κ2) is 10.0. The average molecular weight is 491 g/mol. The largest absolute Gasteiger partial charge is 0.325 e. The number of aromatic nitrogens is 3. The summed E-state index contributed by atoms with van der Waals surface area (Å²) >= 11 is 7.58. The fourth-order valence-corrected chi connectivity index (χ4v) is 4.61. The van der Waals surface area contributed by atoms with Gasteiger partial charge < -0.3 is 5.32 Å². The maximum Gasteiger partial charge on any atom is 0.234 e. The number of halogens is 1. The van der Waals surface area contributed by atoms with Gasteiger partial charge in [-0.2, -0.15) is 0 Å². The smallest absolute Gasteiger partial charge is 0.234 e. The summed E-state index contributed by atoms with van der Waals surface area (Å²) in [5.41, 5.74) is 4.79. The lowest BCUT2D eigenvalue weighted by atomic mass is 9.86. The maximum absolute atomic E-state index is 12.9. The highest BCUT2D eigenvalue weighted by molar-refractivity contribution is 7.99. The highest BCUT2D eigenvalue weighted by Gasteiger charge is 2.20. The third kappa shape index (κ3) is 5.51. The van der Waals surface area contributed by atoms with Crippen LogP contribution in [0.15, 0.2) is 78.0 Å². The van der Waals surface area contributed by atoms with E-state index in [2.05, 4.69) is 36.3 Å². The van der Waals surface area contributed by atoms with Crippen LogP contribution >= 0.6 is 23.4 Å². The number of hydrogen-bond donors (Lipinski definition) is 1. The first-order chi connectivity index (χ1) is 16.2. The Labute approximate surface area is 209 Å². The molecule has 0 fully saturated rings. The molecule has 34 heavy (non-hydrogen) atoms. The van der Waals surface area contributed by atoms with Gasteiger partial charge in [-0.3, -0.25) is 9.36 Å². The van der Waals surface area contributed by atoms with Crippen LogP contribution in [-0.2, 0) is 10.2 Å². The third-order valence-corrected chi connectivity index (χ3v) is 6.51. The molecule has 0 aliphatic rings. The number of benzene rings is 3. The molecule has 0 radical (unpaired) electrons. The van der Waals surface area contributed by atoms with Crippen molar-refractivity contribution in [3.8, 4) is 17.1 Å². The van der Waals surface area contributed by atoms with Gasteiger partial charge in [0.05, 0.1) is 5.75 Å². The van der Waals surface area contributed by atoms with Gasteiger partial charge in [-0.05, 0) is 48.2 Å². The maximum atomic E-state index is 12.9. The van der Waals surface area contributed by atoms with Crippen molar-refractivity contribution in [1.82, 2.24) is 14.8 Å². The van der Waals surface area contributed by atoms with E-state index in [9.17, 15) is 4.79 Å². The zero-order valence-electron chi connectivity index (χ0n) is 19.7. The number of thioether (sulfide) groups is 1. The number of nitrogens with zero attached hydrogens (tertiary/aromatic N) is 3. The molecule has 0 bridgehead atoms. The van der Waals surface area contributed by atoms with Crippen LogP contribution in [0.2, 0.25) is 5.02 Å². The molecule has 1 aromatic heterocycles. The summed E-state index contributed by atoms with van der Waals surface area (Å²) in [5, 5.41) is 13.2. The summed E-state index contributed by atoms with van der Waals surface area (Å²) in [6.07, 6.45) is 0. The molecule has 0 atom stereocenters. The second-order valence-electron chi connectivity index (χ2n) is 9.12. The minimum absolute atomic E-state index is 0.0749.